The minimum Gasteiger partial charge on any atom is -0.479 e. The van der Waals surface area contributed by atoms with Crippen LogP contribution in [0.2, 0.25) is 5.02 Å². The van der Waals surface area contributed by atoms with E-state index in [1.54, 1.807) is 0 Å². The fraction of sp³-hybridized carbons (Fsp3) is 0.222. The molecule has 6 nitrogen and oxygen atoms in total. The van der Waals surface area contributed by atoms with Gasteiger partial charge in [-0.05, 0) is 12.1 Å². The maximum absolute atomic E-state index is 10.6. The molecule has 16 heavy (non-hydrogen) atoms. The molecule has 0 fully saturated rings. The van der Waals surface area contributed by atoms with Crippen molar-refractivity contribution in [3.05, 3.63) is 38.9 Å². The van der Waals surface area contributed by atoms with Crippen LogP contribution in [0.25, 0.3) is 0 Å². The number of nitro groups is 1. The minimum absolute atomic E-state index is 0.0902. The highest BCUT2D eigenvalue weighted by Gasteiger charge is 2.20. The smallest absolute Gasteiger partial charge is 0.332 e. The number of carboxylic acid groups (broad SMARTS) is 1. The average molecular weight is 246 g/mol. The van der Waals surface area contributed by atoms with Crippen LogP contribution in [0.1, 0.15) is 5.56 Å². The second-order valence-corrected chi connectivity index (χ2v) is 3.52. The summed E-state index contributed by atoms with van der Waals surface area (Å²) in [4.78, 5) is 20.4. The van der Waals surface area contributed by atoms with E-state index in [9.17, 15) is 14.9 Å². The van der Waals surface area contributed by atoms with Crippen LogP contribution in [0.3, 0.4) is 0 Å². The summed E-state index contributed by atoms with van der Waals surface area (Å²) < 4.78 is 0. The Hall–Kier alpha value is -1.66. The summed E-state index contributed by atoms with van der Waals surface area (Å²) >= 11 is 5.63. The monoisotopic (exact) mass is 245 g/mol. The van der Waals surface area contributed by atoms with Crippen LogP contribution in [0.15, 0.2) is 18.2 Å². The molecule has 0 saturated carbocycles. The molecule has 1 unspecified atom stereocenters. The van der Waals surface area contributed by atoms with Gasteiger partial charge in [-0.15, -0.1) is 0 Å². The topological polar surface area (TPSA) is 101 Å². The number of carbonyl (C=O) groups is 1. The normalized spacial score (nSPS) is 12.1. The second kappa shape index (κ2) is 4.91. The number of hydrogen-bond acceptors (Lipinski definition) is 4. The lowest BCUT2D eigenvalue weighted by Crippen LogP contribution is -2.22. The van der Waals surface area contributed by atoms with E-state index in [4.69, 9.17) is 21.8 Å². The molecule has 0 saturated heterocycles. The highest BCUT2D eigenvalue weighted by atomic mass is 35.5. The molecule has 1 aromatic carbocycles. The van der Waals surface area contributed by atoms with Gasteiger partial charge in [0, 0.05) is 23.1 Å². The number of hydrogen-bond donors (Lipinski definition) is 2. The largest absolute Gasteiger partial charge is 0.479 e. The number of aliphatic hydroxyl groups excluding tert-OH is 1. The van der Waals surface area contributed by atoms with E-state index in [1.165, 1.54) is 18.2 Å². The molecule has 0 radical (unpaired) electrons. The van der Waals surface area contributed by atoms with Gasteiger partial charge < -0.3 is 10.2 Å². The van der Waals surface area contributed by atoms with Crippen LogP contribution in [-0.4, -0.2) is 27.2 Å². The zero-order chi connectivity index (χ0) is 12.3. The van der Waals surface area contributed by atoms with Gasteiger partial charge in [-0.25, -0.2) is 4.79 Å². The van der Waals surface area contributed by atoms with E-state index in [0.29, 0.717) is 0 Å². The van der Waals surface area contributed by atoms with Gasteiger partial charge in [-0.1, -0.05) is 11.6 Å². The number of benzene rings is 1. The predicted octanol–water partition coefficient (Wildman–Crippen LogP) is 1.24. The molecule has 0 aliphatic carbocycles. The van der Waals surface area contributed by atoms with Gasteiger partial charge >= 0.3 is 5.97 Å². The second-order valence-electron chi connectivity index (χ2n) is 3.09. The lowest BCUT2D eigenvalue weighted by atomic mass is 10.1. The van der Waals surface area contributed by atoms with Crippen LogP contribution >= 0.6 is 11.6 Å². The van der Waals surface area contributed by atoms with Crippen LogP contribution in [0.4, 0.5) is 5.69 Å². The molecule has 0 aliphatic rings. The highest BCUT2D eigenvalue weighted by molar-refractivity contribution is 6.30. The number of nitrogens with zero attached hydrogens (tertiary/aromatic N) is 1. The third kappa shape index (κ3) is 2.91. The van der Waals surface area contributed by atoms with Crippen molar-refractivity contribution in [1.29, 1.82) is 0 Å². The van der Waals surface area contributed by atoms with Crippen molar-refractivity contribution in [3.8, 4) is 0 Å². The van der Waals surface area contributed by atoms with Gasteiger partial charge in [0.05, 0.1) is 4.92 Å². The molecule has 2 N–H and O–H groups in total. The Balaban J connectivity index is 3.05. The summed E-state index contributed by atoms with van der Waals surface area (Å²) in [6, 6.07) is 3.77. The average Bonchev–Trinajstić information content (AvgIpc) is 2.16. The van der Waals surface area contributed by atoms with E-state index in [0.717, 1.165) is 0 Å². The summed E-state index contributed by atoms with van der Waals surface area (Å²) in [5, 5.41) is 28.5. The Kier molecular flexibility index (Phi) is 3.81. The SMILES string of the molecule is O=C(O)C(O)Cc1cc(Cl)ccc1[N+](=O)[O-]. The summed E-state index contributed by atoms with van der Waals surface area (Å²) in [6.45, 7) is 0. The standard InChI is InChI=1S/C9H8ClNO5/c10-6-1-2-7(11(15)16)5(3-6)4-8(12)9(13)14/h1-3,8,12H,4H2,(H,13,14). The van der Waals surface area contributed by atoms with Gasteiger partial charge in [0.25, 0.3) is 5.69 Å². The number of aliphatic hydroxyl groups is 1. The number of aliphatic carboxylic acids is 1. The van der Waals surface area contributed by atoms with Gasteiger partial charge in [0.1, 0.15) is 0 Å². The lowest BCUT2D eigenvalue weighted by Gasteiger charge is -2.06. The van der Waals surface area contributed by atoms with Crippen molar-refractivity contribution >= 4 is 23.3 Å². The molecular weight excluding hydrogens is 238 g/mol. The zero-order valence-corrected chi connectivity index (χ0v) is 8.72. The first kappa shape index (κ1) is 12.4. The zero-order valence-electron chi connectivity index (χ0n) is 7.96. The Labute approximate surface area is 95.2 Å². The van der Waals surface area contributed by atoms with Crippen LogP contribution < -0.4 is 0 Å². The summed E-state index contributed by atoms with van der Waals surface area (Å²) in [7, 11) is 0. The Morgan fingerprint density at radius 2 is 2.19 bits per heavy atom. The van der Waals surface area contributed by atoms with Crippen molar-refractivity contribution in [2.75, 3.05) is 0 Å². The van der Waals surface area contributed by atoms with Crippen molar-refractivity contribution < 1.29 is 19.9 Å². The quantitative estimate of drug-likeness (QED) is 0.614. The van der Waals surface area contributed by atoms with E-state index in [-0.39, 0.29) is 22.7 Å². The molecule has 1 aromatic rings. The van der Waals surface area contributed by atoms with E-state index in [1.807, 2.05) is 0 Å². The Morgan fingerprint density at radius 3 is 2.69 bits per heavy atom. The molecule has 0 aromatic heterocycles. The number of nitro benzene ring substituents is 1. The number of carboxylic acids is 1. The Morgan fingerprint density at radius 1 is 1.56 bits per heavy atom. The van der Waals surface area contributed by atoms with Gasteiger partial charge in [0.2, 0.25) is 0 Å². The van der Waals surface area contributed by atoms with Gasteiger partial charge in [-0.2, -0.15) is 0 Å². The molecule has 86 valence electrons. The molecule has 0 amide bonds. The van der Waals surface area contributed by atoms with E-state index >= 15 is 0 Å². The molecule has 0 spiro atoms. The van der Waals surface area contributed by atoms with Crippen molar-refractivity contribution in [3.63, 3.8) is 0 Å². The first-order valence-corrected chi connectivity index (χ1v) is 4.63. The lowest BCUT2D eigenvalue weighted by molar-refractivity contribution is -0.385. The fourth-order valence-corrected chi connectivity index (χ4v) is 1.39. The minimum atomic E-state index is -1.68. The van der Waals surface area contributed by atoms with E-state index < -0.39 is 17.0 Å². The predicted molar refractivity (Wildman–Crippen MR) is 55.5 cm³/mol. The van der Waals surface area contributed by atoms with Gasteiger partial charge in [-0.3, -0.25) is 10.1 Å². The first-order chi connectivity index (χ1) is 7.41. The summed E-state index contributed by atoms with van der Waals surface area (Å²) in [5.74, 6) is -1.44. The third-order valence-corrected chi connectivity index (χ3v) is 2.17. The number of rotatable bonds is 4. The highest BCUT2D eigenvalue weighted by Crippen LogP contribution is 2.23. The maximum atomic E-state index is 10.6. The first-order valence-electron chi connectivity index (χ1n) is 4.25. The van der Waals surface area contributed by atoms with Crippen molar-refractivity contribution in [2.45, 2.75) is 12.5 Å². The van der Waals surface area contributed by atoms with Crippen LogP contribution in [0.5, 0.6) is 0 Å². The summed E-state index contributed by atoms with van der Waals surface area (Å²) in [5.41, 5.74) is -0.169. The van der Waals surface area contributed by atoms with Crippen molar-refractivity contribution in [2.24, 2.45) is 0 Å². The molecule has 1 atom stereocenters. The van der Waals surface area contributed by atoms with Gasteiger partial charge in [0.15, 0.2) is 6.10 Å². The van der Waals surface area contributed by atoms with Crippen LogP contribution in [0, 0.1) is 10.1 Å². The molecule has 0 aliphatic heterocycles. The van der Waals surface area contributed by atoms with Crippen LogP contribution in [-0.2, 0) is 11.2 Å². The molecule has 7 heteroatoms. The van der Waals surface area contributed by atoms with E-state index in [2.05, 4.69) is 0 Å². The molecule has 1 rings (SSSR count). The maximum Gasteiger partial charge on any atom is 0.332 e. The van der Waals surface area contributed by atoms with Crippen molar-refractivity contribution in [1.82, 2.24) is 0 Å². The Bertz CT molecular complexity index is 434. The molecule has 0 bridgehead atoms. The molecular formula is C9H8ClNO5. The molecule has 0 heterocycles. The fourth-order valence-electron chi connectivity index (χ4n) is 1.19. The third-order valence-electron chi connectivity index (χ3n) is 1.94. The number of halogens is 1. The summed E-state index contributed by atoms with van der Waals surface area (Å²) in [6.07, 6.45) is -2.04.